The van der Waals surface area contributed by atoms with Gasteiger partial charge in [-0.3, -0.25) is 9.59 Å². The zero-order chi connectivity index (χ0) is 27.2. The third-order valence-corrected chi connectivity index (χ3v) is 8.16. The van der Waals surface area contributed by atoms with Crippen molar-refractivity contribution in [2.45, 2.75) is 37.9 Å². The predicted octanol–water partition coefficient (Wildman–Crippen LogP) is 3.22. The number of amides is 2. The first kappa shape index (κ1) is 27.5. The predicted molar refractivity (Wildman–Crippen MR) is 143 cm³/mol. The molecule has 2 N–H and O–H groups in total. The summed E-state index contributed by atoms with van der Waals surface area (Å²) in [5, 5.41) is 15.0. The maximum absolute atomic E-state index is 12.7. The van der Waals surface area contributed by atoms with Crippen LogP contribution in [0.15, 0.2) is 23.4 Å². The molecule has 0 saturated carbocycles. The van der Waals surface area contributed by atoms with Crippen LogP contribution < -0.4 is 20.1 Å². The fraction of sp³-hybridized carbons (Fsp3) is 0.400. The lowest BCUT2D eigenvalue weighted by atomic mass is 10.1. The lowest BCUT2D eigenvalue weighted by molar-refractivity contribution is -0.113. The molecule has 2 amide bonds. The summed E-state index contributed by atoms with van der Waals surface area (Å²) in [4.78, 5) is 39.0. The molecule has 0 spiro atoms. The van der Waals surface area contributed by atoms with E-state index in [1.54, 1.807) is 36.7 Å². The number of carbonyl (C=O) groups is 3. The summed E-state index contributed by atoms with van der Waals surface area (Å²) in [5.41, 5.74) is 1.85. The number of hydrogen-bond acceptors (Lipinski definition) is 10. The molecular weight excluding hydrogens is 530 g/mol. The van der Waals surface area contributed by atoms with E-state index in [0.717, 1.165) is 29.7 Å². The van der Waals surface area contributed by atoms with Crippen LogP contribution in [0.2, 0.25) is 0 Å². The van der Waals surface area contributed by atoms with Crippen LogP contribution in [-0.2, 0) is 36.0 Å². The molecule has 202 valence electrons. The second-order valence-corrected chi connectivity index (χ2v) is 10.4. The van der Waals surface area contributed by atoms with Gasteiger partial charge >= 0.3 is 5.97 Å². The number of methoxy groups -OCH3 is 2. The minimum absolute atomic E-state index is 0.0762. The average molecular weight is 560 g/mol. The quantitative estimate of drug-likeness (QED) is 0.268. The van der Waals surface area contributed by atoms with Gasteiger partial charge < -0.3 is 29.4 Å². The monoisotopic (exact) mass is 559 g/mol. The van der Waals surface area contributed by atoms with Gasteiger partial charge in [0, 0.05) is 23.6 Å². The second kappa shape index (κ2) is 12.3. The van der Waals surface area contributed by atoms with Crippen molar-refractivity contribution in [3.63, 3.8) is 0 Å². The van der Waals surface area contributed by atoms with E-state index in [2.05, 4.69) is 20.8 Å². The van der Waals surface area contributed by atoms with Crippen molar-refractivity contribution in [3.05, 3.63) is 45.6 Å². The number of fused-ring (bicyclic) bond motifs is 1. The number of thioether (sulfide) groups is 1. The molecule has 1 aliphatic rings. The van der Waals surface area contributed by atoms with Gasteiger partial charge in [-0.2, -0.15) is 0 Å². The smallest absolute Gasteiger partial charge is 0.341 e. The minimum Gasteiger partial charge on any atom is -0.497 e. The fourth-order valence-corrected chi connectivity index (χ4v) is 6.05. The molecule has 13 heteroatoms. The largest absolute Gasteiger partial charge is 0.497 e. The number of rotatable bonds is 11. The highest BCUT2D eigenvalue weighted by Crippen LogP contribution is 2.39. The maximum Gasteiger partial charge on any atom is 0.341 e. The number of nitrogens with zero attached hydrogens (tertiary/aromatic N) is 3. The van der Waals surface area contributed by atoms with Gasteiger partial charge in [-0.25, -0.2) is 4.79 Å². The zero-order valence-electron chi connectivity index (χ0n) is 21.6. The van der Waals surface area contributed by atoms with E-state index < -0.39 is 5.97 Å². The topological polar surface area (TPSA) is 134 Å². The molecule has 2 aromatic heterocycles. The number of carbonyl (C=O) groups excluding carboxylic acids is 3. The van der Waals surface area contributed by atoms with Gasteiger partial charge in [0.25, 0.3) is 5.91 Å². The molecule has 1 aliphatic carbocycles. The Hall–Kier alpha value is -3.58. The number of esters is 1. The van der Waals surface area contributed by atoms with Crippen LogP contribution in [-0.4, -0.2) is 59.1 Å². The molecule has 3 aromatic rings. The summed E-state index contributed by atoms with van der Waals surface area (Å²) in [6.07, 6.45) is 2.72. The summed E-state index contributed by atoms with van der Waals surface area (Å²) in [7, 11) is 4.79. The van der Waals surface area contributed by atoms with Gasteiger partial charge in [-0.1, -0.05) is 11.8 Å². The van der Waals surface area contributed by atoms with E-state index in [9.17, 15) is 14.4 Å². The van der Waals surface area contributed by atoms with Crippen molar-refractivity contribution >= 4 is 45.9 Å². The number of anilines is 1. The molecular formula is C25H29N5O6S2. The highest BCUT2D eigenvalue weighted by atomic mass is 32.2. The molecule has 0 saturated heterocycles. The van der Waals surface area contributed by atoms with Crippen molar-refractivity contribution in [2.24, 2.45) is 7.05 Å². The maximum atomic E-state index is 12.7. The van der Waals surface area contributed by atoms with Crippen LogP contribution in [0.3, 0.4) is 0 Å². The van der Waals surface area contributed by atoms with E-state index in [0.29, 0.717) is 38.6 Å². The molecule has 0 atom stereocenters. The molecule has 2 heterocycles. The molecule has 38 heavy (non-hydrogen) atoms. The van der Waals surface area contributed by atoms with E-state index >= 15 is 0 Å². The molecule has 0 aliphatic heterocycles. The third kappa shape index (κ3) is 6.10. The Bertz CT molecular complexity index is 1330. The SMILES string of the molecule is CCOC(=O)c1c(NC(=O)CSc2nnc(CNC(=O)c3cc(OC)cc(OC)c3)n2C)sc2c1CCC2. The van der Waals surface area contributed by atoms with Crippen molar-refractivity contribution in [1.29, 1.82) is 0 Å². The fourth-order valence-electron chi connectivity index (χ4n) is 4.03. The van der Waals surface area contributed by atoms with E-state index in [-0.39, 0.29) is 30.7 Å². The van der Waals surface area contributed by atoms with E-state index in [4.69, 9.17) is 14.2 Å². The number of nitrogens with one attached hydrogen (secondary N) is 2. The molecule has 0 unspecified atom stereocenters. The lowest BCUT2D eigenvalue weighted by Gasteiger charge is -2.09. The van der Waals surface area contributed by atoms with E-state index in [1.165, 1.54) is 37.3 Å². The summed E-state index contributed by atoms with van der Waals surface area (Å²) < 4.78 is 17.4. The molecule has 11 nitrogen and oxygen atoms in total. The van der Waals surface area contributed by atoms with E-state index in [1.807, 2.05) is 0 Å². The Balaban J connectivity index is 1.35. The van der Waals surface area contributed by atoms with Crippen LogP contribution in [0.4, 0.5) is 5.00 Å². The van der Waals surface area contributed by atoms with Crippen molar-refractivity contribution < 1.29 is 28.6 Å². The standard InChI is InChI=1S/C25H29N5O6S2/c1-5-36-24(33)21-17-7-6-8-18(17)38-23(21)27-20(31)13-37-25-29-28-19(30(25)2)12-26-22(32)14-9-15(34-3)11-16(10-14)35-4/h9-11H,5-8,12-13H2,1-4H3,(H,26,32)(H,27,31). The number of thiophene rings is 1. The second-order valence-electron chi connectivity index (χ2n) is 8.36. The third-order valence-electron chi connectivity index (χ3n) is 5.93. The first-order valence-electron chi connectivity index (χ1n) is 12.0. The Morgan fingerprint density at radius 3 is 2.53 bits per heavy atom. The molecule has 1 aromatic carbocycles. The highest BCUT2D eigenvalue weighted by molar-refractivity contribution is 7.99. The molecule has 0 bridgehead atoms. The van der Waals surface area contributed by atoms with Crippen molar-refractivity contribution in [2.75, 3.05) is 31.9 Å². The summed E-state index contributed by atoms with van der Waals surface area (Å²) in [5.74, 6) is 0.632. The number of aryl methyl sites for hydroxylation is 1. The number of ether oxygens (including phenoxy) is 3. The summed E-state index contributed by atoms with van der Waals surface area (Å²) in [6, 6.07) is 4.91. The highest BCUT2D eigenvalue weighted by Gasteiger charge is 2.28. The van der Waals surface area contributed by atoms with Gasteiger partial charge in [-0.15, -0.1) is 21.5 Å². The van der Waals surface area contributed by atoms with Gasteiger partial charge in [0.1, 0.15) is 16.5 Å². The summed E-state index contributed by atoms with van der Waals surface area (Å²) in [6.45, 7) is 2.17. The number of hydrogen-bond donors (Lipinski definition) is 2. The molecule has 0 fully saturated rings. The van der Waals surface area contributed by atoms with Crippen molar-refractivity contribution in [3.8, 4) is 11.5 Å². The Kier molecular flexibility index (Phi) is 8.89. The van der Waals surface area contributed by atoms with Crippen LogP contribution >= 0.6 is 23.1 Å². The normalized spacial score (nSPS) is 12.1. The molecule has 4 rings (SSSR count). The Labute approximate surface area is 228 Å². The van der Waals surface area contributed by atoms with Crippen molar-refractivity contribution in [1.82, 2.24) is 20.1 Å². The number of aromatic nitrogens is 3. The van der Waals surface area contributed by atoms with Gasteiger partial charge in [-0.05, 0) is 43.9 Å². The lowest BCUT2D eigenvalue weighted by Crippen LogP contribution is -2.24. The zero-order valence-corrected chi connectivity index (χ0v) is 23.2. The first-order valence-corrected chi connectivity index (χ1v) is 13.8. The van der Waals surface area contributed by atoms with Gasteiger partial charge in [0.05, 0.1) is 38.7 Å². The first-order chi connectivity index (χ1) is 18.3. The number of benzene rings is 1. The van der Waals surface area contributed by atoms with Gasteiger partial charge in [0.15, 0.2) is 11.0 Å². The van der Waals surface area contributed by atoms with Crippen LogP contribution in [0.25, 0.3) is 0 Å². The average Bonchev–Trinajstić information content (AvgIpc) is 3.60. The van der Waals surface area contributed by atoms with Crippen LogP contribution in [0.5, 0.6) is 11.5 Å². The summed E-state index contributed by atoms with van der Waals surface area (Å²) >= 11 is 2.65. The van der Waals surface area contributed by atoms with Gasteiger partial charge in [0.2, 0.25) is 5.91 Å². The minimum atomic E-state index is -0.401. The Morgan fingerprint density at radius 1 is 1.11 bits per heavy atom. The molecule has 0 radical (unpaired) electrons. The Morgan fingerprint density at radius 2 is 1.84 bits per heavy atom. The van der Waals surface area contributed by atoms with Crippen LogP contribution in [0.1, 0.15) is 50.3 Å². The van der Waals surface area contributed by atoms with Crippen LogP contribution in [0, 0.1) is 0 Å².